The van der Waals surface area contributed by atoms with Crippen molar-refractivity contribution in [3.05, 3.63) is 44.6 Å². The van der Waals surface area contributed by atoms with Crippen LogP contribution in [0.3, 0.4) is 0 Å². The van der Waals surface area contributed by atoms with Crippen LogP contribution in [0.2, 0.25) is 5.02 Å². The van der Waals surface area contributed by atoms with Crippen molar-refractivity contribution >= 4 is 70.7 Å². The highest BCUT2D eigenvalue weighted by atomic mass is 35.5. The van der Waals surface area contributed by atoms with Gasteiger partial charge in [0.1, 0.15) is 13.2 Å². The molecular weight excluding hydrogens is 1800 g/mol. The maximum Gasteiger partial charge on any atom is 0.219 e. The van der Waals surface area contributed by atoms with Gasteiger partial charge in [-0.3, -0.25) is 14.4 Å². The Bertz CT molecular complexity index is 4020. The van der Waals surface area contributed by atoms with E-state index < -0.39 is 30.1 Å². The Morgan fingerprint density at radius 2 is 0.824 bits per heavy atom. The first-order valence-corrected chi connectivity index (χ1v) is 59.8. The number of thiophene rings is 1. The van der Waals surface area contributed by atoms with Gasteiger partial charge in [-0.15, -0.1) is 11.3 Å². The normalized spacial score (nSPS) is 22.1. The topological polar surface area (TPSA) is 216 Å². The van der Waals surface area contributed by atoms with Crippen LogP contribution in [0.15, 0.2) is 24.3 Å². The number of amides is 3. The van der Waals surface area contributed by atoms with Gasteiger partial charge >= 0.3 is 0 Å². The number of halogens is 1. The van der Waals surface area contributed by atoms with Crippen molar-refractivity contribution in [2.24, 2.45) is 83.7 Å². The van der Waals surface area contributed by atoms with E-state index >= 15 is 0 Å². The molecule has 0 aliphatic carbocycles. The number of likely N-dealkylation sites (tertiary alicyclic amines) is 3. The average Bonchev–Trinajstić information content (AvgIpc) is 0.888. The molecule has 3 amide bonds. The van der Waals surface area contributed by atoms with E-state index in [9.17, 15) is 39.6 Å². The molecule has 6 unspecified atom stereocenters. The van der Waals surface area contributed by atoms with Crippen LogP contribution in [0.4, 0.5) is 0 Å². The van der Waals surface area contributed by atoms with Crippen molar-refractivity contribution in [2.75, 3.05) is 117 Å². The number of ether oxygens (including phenoxy) is 2. The molecule has 798 valence electrons. The number of carbonyl (C=O) groups excluding carboxylic acids is 3. The summed E-state index contributed by atoms with van der Waals surface area (Å²) in [4.78, 5) is 42.7. The Labute approximate surface area is 848 Å². The summed E-state index contributed by atoms with van der Waals surface area (Å²) >= 11 is 7.99. The van der Waals surface area contributed by atoms with Gasteiger partial charge in [-0.1, -0.05) is 232 Å². The highest BCUT2D eigenvalue weighted by molar-refractivity contribution is 7.88. The van der Waals surface area contributed by atoms with E-state index in [1.54, 1.807) is 33.7 Å². The van der Waals surface area contributed by atoms with Gasteiger partial charge in [-0.2, -0.15) is 4.31 Å². The highest BCUT2D eigenvalue weighted by Gasteiger charge is 2.36. The number of sulfonamides is 3. The third-order valence-electron chi connectivity index (χ3n) is 25.8. The molecule has 0 saturated carbocycles. The number of benzene rings is 1. The molecule has 10 heterocycles. The van der Waals surface area contributed by atoms with E-state index in [1.165, 1.54) is 170 Å². The molecule has 2 N–H and O–H groups in total. The second kappa shape index (κ2) is 58.3. The molecule has 1 aromatic carbocycles. The van der Waals surface area contributed by atoms with Crippen LogP contribution in [-0.2, 0) is 57.3 Å². The molecule has 136 heavy (non-hydrogen) atoms. The zero-order valence-corrected chi connectivity index (χ0v) is 98.7. The molecule has 11 rings (SSSR count). The fourth-order valence-electron chi connectivity index (χ4n) is 20.8. The summed E-state index contributed by atoms with van der Waals surface area (Å²) in [6.45, 7) is 88.3. The molecule has 24 heteroatoms. The molecule has 8 saturated heterocycles. The molecule has 6 atom stereocenters. The van der Waals surface area contributed by atoms with Gasteiger partial charge in [-0.25, -0.2) is 33.9 Å². The Morgan fingerprint density at radius 3 is 1.25 bits per heavy atom. The van der Waals surface area contributed by atoms with Crippen molar-refractivity contribution in [2.45, 2.75) is 440 Å². The number of hydrogen-bond donors (Lipinski definition) is 2. The lowest BCUT2D eigenvalue weighted by Gasteiger charge is -2.38. The SMILES string of the molecule is CC(=O)N1CCC(CC(C)(C)C)CC1.CC(=O)N1CCCC(CC(C)(C)C)C1.CC(=O)N1CCCCC1CC(C)(C)C.CC(C)(C)CC1CCCCN1.CC(C)(C)CC1CCCCN1S(C)(=O)=O.CC(C)(C)CC1CCCN(S(C)(=O)=O)C1.CC(C)(C)CC1CCCNC1.CC(C)(C)CC1CCN(S(C)(=O)=O)CC1.CC(C)(C)Cc1cc(Cl)cc2c1OCCO2.Cc1ccc(CC(C)(C)C)s1. The van der Waals surface area contributed by atoms with Crippen molar-refractivity contribution < 1.29 is 49.1 Å². The van der Waals surface area contributed by atoms with Gasteiger partial charge in [-0.05, 0) is 307 Å². The van der Waals surface area contributed by atoms with Crippen molar-refractivity contribution in [1.82, 2.24) is 38.2 Å². The van der Waals surface area contributed by atoms with Crippen LogP contribution in [0.5, 0.6) is 11.5 Å². The second-order valence-electron chi connectivity index (χ2n) is 54.1. The number of nitrogens with zero attached hydrogens (tertiary/aromatic N) is 6. The molecule has 9 aliphatic heterocycles. The van der Waals surface area contributed by atoms with Crippen LogP contribution in [-0.4, -0.2) is 206 Å². The van der Waals surface area contributed by atoms with E-state index in [-0.39, 0.29) is 34.6 Å². The van der Waals surface area contributed by atoms with Crippen LogP contribution >= 0.6 is 22.9 Å². The van der Waals surface area contributed by atoms with Crippen molar-refractivity contribution in [1.29, 1.82) is 0 Å². The minimum absolute atomic E-state index is 0.199. The monoisotopic (exact) mass is 2010 g/mol. The zero-order valence-electron chi connectivity index (χ0n) is 94.7. The van der Waals surface area contributed by atoms with Crippen LogP contribution < -0.4 is 20.1 Å². The largest absolute Gasteiger partial charge is 0.486 e. The van der Waals surface area contributed by atoms with Gasteiger partial charge in [0, 0.05) is 125 Å². The summed E-state index contributed by atoms with van der Waals surface area (Å²) in [5.41, 5.74) is 4.79. The highest BCUT2D eigenvalue weighted by Crippen LogP contribution is 2.42. The van der Waals surface area contributed by atoms with E-state index in [2.05, 4.69) is 242 Å². The van der Waals surface area contributed by atoms with Gasteiger partial charge in [0.15, 0.2) is 11.5 Å². The summed E-state index contributed by atoms with van der Waals surface area (Å²) in [6.07, 6.45) is 38.6. The first-order valence-electron chi connectivity index (χ1n) is 53.0. The number of rotatable bonds is 13. The number of aryl methyl sites for hydroxylation is 1. The van der Waals surface area contributed by atoms with Crippen LogP contribution in [0.25, 0.3) is 0 Å². The number of fused-ring (bicyclic) bond motifs is 1. The molecule has 1 aromatic heterocycles. The molecule has 9 aliphatic rings. The lowest BCUT2D eigenvalue weighted by molar-refractivity contribution is -0.133. The molecule has 8 fully saturated rings. The minimum Gasteiger partial charge on any atom is -0.486 e. The summed E-state index contributed by atoms with van der Waals surface area (Å²) in [5, 5.41) is 7.74. The Balaban J connectivity index is 0.000000512. The molecular formula is C112H213ClN8O11S4. The first kappa shape index (κ1) is 129. The number of hydrogen-bond acceptors (Lipinski definition) is 14. The average molecular weight is 2010 g/mol. The Morgan fingerprint density at radius 1 is 0.390 bits per heavy atom. The summed E-state index contributed by atoms with van der Waals surface area (Å²) in [7, 11) is -8.95. The number of piperidine rings is 8. The van der Waals surface area contributed by atoms with Gasteiger partial charge in [0.25, 0.3) is 0 Å². The predicted octanol–water partition coefficient (Wildman–Crippen LogP) is 26.9. The maximum absolute atomic E-state index is 11.6. The Kier molecular flexibility index (Phi) is 55.2. The maximum atomic E-state index is 11.6. The third kappa shape index (κ3) is 63.2. The summed E-state index contributed by atoms with van der Waals surface area (Å²) in [5.74, 6) is 6.07. The van der Waals surface area contributed by atoms with Gasteiger partial charge < -0.3 is 34.8 Å². The second-order valence-corrected chi connectivity index (χ2v) is 61.8. The summed E-state index contributed by atoms with van der Waals surface area (Å²) in [6, 6.07) is 9.73. The first-order chi connectivity index (χ1) is 61.8. The lowest BCUT2D eigenvalue weighted by Crippen LogP contribution is -2.44. The van der Waals surface area contributed by atoms with E-state index in [0.717, 1.165) is 138 Å². The van der Waals surface area contributed by atoms with Crippen molar-refractivity contribution in [3.63, 3.8) is 0 Å². The lowest BCUT2D eigenvalue weighted by atomic mass is 9.80. The number of carbonyl (C=O) groups is 3. The standard InChI is InChI=1S/C13H17ClO2.3C12H23NO.3C11H23NO2S.2C10H21N.C10H16S/c1-13(2,3)8-9-6-10(14)7-11-12(9)16-5-4-15-11;1-10(14)13-7-5-11(6-8-13)9-12(2,3)4;1-10(14)13-7-5-6-11(9-13)8-12(2,3)4;1-10(14)13-8-6-5-7-11(13)9-12(2,3)4;1-11(2,3)9-10-5-7-12(8-6-10)15(4,13)14;1-11(2,3)8-10-6-5-7-12(9-10)15(4,13)14;1-11(2,3)9-10-7-5-6-8-12(10)15(4,13)14;1-10(2,3)7-9-5-4-6-11-8-9;1-10(2,3)8-9-6-4-5-7-11-9;1-8-5-6-9(11-8)7-10(2,3)4/h6-7H,4-5,8H2,1-3H3;3*11H,5-9H2,1-4H3;3*10H,5-9H2,1-4H3;2*9,11H,4-8H2,1-3H3;5-6H,7H2,1-4H3. The van der Waals surface area contributed by atoms with Gasteiger partial charge in [0.05, 0.1) is 18.8 Å². The predicted molar refractivity (Wildman–Crippen MR) is 584 cm³/mol. The van der Waals surface area contributed by atoms with Gasteiger partial charge in [0.2, 0.25) is 47.8 Å². The Hall–Kier alpha value is -3.13. The fourth-order valence-corrected chi connectivity index (χ4v) is 25.2. The third-order valence-corrected chi connectivity index (χ3v) is 30.9. The zero-order chi connectivity index (χ0) is 104. The minimum atomic E-state index is -3.01. The van der Waals surface area contributed by atoms with Crippen molar-refractivity contribution in [3.8, 4) is 11.5 Å². The van der Waals surface area contributed by atoms with Crippen LogP contribution in [0.1, 0.15) is 417 Å². The molecule has 0 spiro atoms. The molecule has 2 aromatic rings. The van der Waals surface area contributed by atoms with E-state index in [1.807, 2.05) is 33.3 Å². The quantitative estimate of drug-likeness (QED) is 0.191. The molecule has 0 radical (unpaired) electrons. The smallest absolute Gasteiger partial charge is 0.219 e. The van der Waals surface area contributed by atoms with Crippen LogP contribution in [0, 0.1) is 90.7 Å². The fraction of sp³-hybridized carbons (Fsp3) is 0.884. The van der Waals surface area contributed by atoms with E-state index in [4.69, 9.17) is 21.1 Å². The molecule has 19 nitrogen and oxygen atoms in total. The summed E-state index contributed by atoms with van der Waals surface area (Å²) < 4.78 is 84.8. The molecule has 0 bridgehead atoms. The number of nitrogens with one attached hydrogen (secondary N) is 2. The van der Waals surface area contributed by atoms with E-state index in [0.29, 0.717) is 112 Å².